The lowest BCUT2D eigenvalue weighted by molar-refractivity contribution is -0.122. The Bertz CT molecular complexity index is 812. The number of hydrogen-bond acceptors (Lipinski definition) is 4. The molecule has 1 heterocycles. The molecule has 2 aromatic rings. The third kappa shape index (κ3) is 5.29. The van der Waals surface area contributed by atoms with Crippen LogP contribution < -0.4 is 10.6 Å². The number of anilines is 1. The molecule has 0 bridgehead atoms. The van der Waals surface area contributed by atoms with Crippen molar-refractivity contribution in [3.8, 4) is 0 Å². The van der Waals surface area contributed by atoms with Crippen molar-refractivity contribution in [2.24, 2.45) is 10.9 Å². The molecule has 144 valence electrons. The van der Waals surface area contributed by atoms with Crippen molar-refractivity contribution in [1.82, 2.24) is 15.2 Å². The third-order valence-corrected chi connectivity index (χ3v) is 5.58. The predicted molar refractivity (Wildman–Crippen MR) is 111 cm³/mol. The molecule has 0 radical (unpaired) electrons. The van der Waals surface area contributed by atoms with Crippen molar-refractivity contribution in [2.75, 3.05) is 19.4 Å². The highest BCUT2D eigenvalue weighted by molar-refractivity contribution is 7.09. The second kappa shape index (κ2) is 8.99. The van der Waals surface area contributed by atoms with E-state index in [2.05, 4.69) is 30.9 Å². The van der Waals surface area contributed by atoms with Crippen LogP contribution in [0.4, 0.5) is 5.69 Å². The second-order valence-corrected chi connectivity index (χ2v) is 7.99. The van der Waals surface area contributed by atoms with Crippen LogP contribution in [-0.2, 0) is 17.9 Å². The summed E-state index contributed by atoms with van der Waals surface area (Å²) in [4.78, 5) is 23.0. The van der Waals surface area contributed by atoms with Crippen LogP contribution in [0.1, 0.15) is 35.5 Å². The van der Waals surface area contributed by atoms with E-state index < -0.39 is 0 Å². The summed E-state index contributed by atoms with van der Waals surface area (Å²) in [6, 6.07) is 7.97. The molecule has 1 amide bonds. The molecule has 3 rings (SSSR count). The van der Waals surface area contributed by atoms with Gasteiger partial charge in [0.1, 0.15) is 0 Å². The first kappa shape index (κ1) is 19.4. The lowest BCUT2D eigenvalue weighted by Crippen LogP contribution is -2.38. The van der Waals surface area contributed by atoms with Crippen molar-refractivity contribution in [3.63, 3.8) is 0 Å². The number of aliphatic imine (C=N–C) groups is 1. The number of benzene rings is 1. The Hall–Kier alpha value is -2.41. The average Bonchev–Trinajstić information content (AvgIpc) is 2.99. The quantitative estimate of drug-likeness (QED) is 0.591. The second-order valence-electron chi connectivity index (χ2n) is 6.93. The molecular formula is C20H27N5OS. The molecule has 27 heavy (non-hydrogen) atoms. The van der Waals surface area contributed by atoms with Gasteiger partial charge in [0.25, 0.3) is 0 Å². The SMILES string of the molecule is CN=C(NCc1cccc(NC(=O)C2CCC2)c1)N(C)Cc1csc(C)n1. The molecule has 2 N–H and O–H groups in total. The van der Waals surface area contributed by atoms with Crippen LogP contribution in [0.25, 0.3) is 0 Å². The number of nitrogens with one attached hydrogen (secondary N) is 2. The van der Waals surface area contributed by atoms with E-state index in [9.17, 15) is 4.79 Å². The number of hydrogen-bond donors (Lipinski definition) is 2. The fourth-order valence-electron chi connectivity index (χ4n) is 3.04. The van der Waals surface area contributed by atoms with Gasteiger partial charge in [-0.3, -0.25) is 9.79 Å². The van der Waals surface area contributed by atoms with Crippen LogP contribution in [-0.4, -0.2) is 35.8 Å². The monoisotopic (exact) mass is 385 g/mol. The van der Waals surface area contributed by atoms with Gasteiger partial charge in [-0.1, -0.05) is 18.6 Å². The molecule has 1 fully saturated rings. The summed E-state index contributed by atoms with van der Waals surface area (Å²) in [5.74, 6) is 1.14. The van der Waals surface area contributed by atoms with Crippen molar-refractivity contribution >= 4 is 28.9 Å². The summed E-state index contributed by atoms with van der Waals surface area (Å²) in [6.07, 6.45) is 3.18. The molecule has 0 saturated heterocycles. The highest BCUT2D eigenvalue weighted by Crippen LogP contribution is 2.27. The maximum absolute atomic E-state index is 12.1. The maximum atomic E-state index is 12.1. The van der Waals surface area contributed by atoms with Gasteiger partial charge >= 0.3 is 0 Å². The average molecular weight is 386 g/mol. The van der Waals surface area contributed by atoms with Crippen LogP contribution in [0.15, 0.2) is 34.6 Å². The Morgan fingerprint density at radius 3 is 2.85 bits per heavy atom. The van der Waals surface area contributed by atoms with E-state index in [1.54, 1.807) is 18.4 Å². The summed E-state index contributed by atoms with van der Waals surface area (Å²) in [7, 11) is 3.78. The zero-order chi connectivity index (χ0) is 19.2. The lowest BCUT2D eigenvalue weighted by atomic mass is 9.85. The molecular weight excluding hydrogens is 358 g/mol. The fourth-order valence-corrected chi connectivity index (χ4v) is 3.64. The molecule has 0 spiro atoms. The van der Waals surface area contributed by atoms with Gasteiger partial charge in [0.15, 0.2) is 5.96 Å². The van der Waals surface area contributed by atoms with Crippen molar-refractivity contribution in [2.45, 2.75) is 39.3 Å². The first-order valence-electron chi connectivity index (χ1n) is 9.27. The van der Waals surface area contributed by atoms with E-state index in [0.29, 0.717) is 13.1 Å². The number of carbonyl (C=O) groups is 1. The minimum atomic E-state index is 0.139. The van der Waals surface area contributed by atoms with Gasteiger partial charge in [0.2, 0.25) is 5.91 Å². The van der Waals surface area contributed by atoms with Gasteiger partial charge in [-0.05, 0) is 37.5 Å². The van der Waals surface area contributed by atoms with E-state index in [4.69, 9.17) is 0 Å². The van der Waals surface area contributed by atoms with Crippen LogP contribution in [0, 0.1) is 12.8 Å². The summed E-state index contributed by atoms with van der Waals surface area (Å²) in [5, 5.41) is 9.55. The smallest absolute Gasteiger partial charge is 0.227 e. The summed E-state index contributed by atoms with van der Waals surface area (Å²) in [5.41, 5.74) is 3.00. The largest absolute Gasteiger partial charge is 0.352 e. The number of carbonyl (C=O) groups excluding carboxylic acids is 1. The van der Waals surface area contributed by atoms with Crippen molar-refractivity contribution in [3.05, 3.63) is 45.9 Å². The standard InChI is InChI=1S/C20H27N5OS/c1-14-23-18(13-27-14)12-25(3)20(21-2)22-11-15-6-4-9-17(10-15)24-19(26)16-7-5-8-16/h4,6,9-10,13,16H,5,7-8,11-12H2,1-3H3,(H,21,22)(H,24,26). The molecule has 0 aliphatic heterocycles. The van der Waals surface area contributed by atoms with Crippen LogP contribution >= 0.6 is 11.3 Å². The summed E-state index contributed by atoms with van der Waals surface area (Å²) in [6.45, 7) is 3.36. The van der Waals surface area contributed by atoms with Crippen LogP contribution in [0.5, 0.6) is 0 Å². The Labute approximate surface area is 164 Å². The molecule has 0 atom stereocenters. The van der Waals surface area contributed by atoms with Crippen LogP contribution in [0.3, 0.4) is 0 Å². The van der Waals surface area contributed by atoms with E-state index in [1.807, 2.05) is 38.2 Å². The van der Waals surface area contributed by atoms with Gasteiger partial charge in [-0.15, -0.1) is 11.3 Å². The van der Waals surface area contributed by atoms with Gasteiger partial charge in [-0.2, -0.15) is 0 Å². The Morgan fingerprint density at radius 1 is 1.41 bits per heavy atom. The lowest BCUT2D eigenvalue weighted by Gasteiger charge is -2.24. The Morgan fingerprint density at radius 2 is 2.22 bits per heavy atom. The highest BCUT2D eigenvalue weighted by Gasteiger charge is 2.25. The highest BCUT2D eigenvalue weighted by atomic mass is 32.1. The predicted octanol–water partition coefficient (Wildman–Crippen LogP) is 3.40. The number of nitrogens with zero attached hydrogens (tertiary/aromatic N) is 3. The number of amides is 1. The Kier molecular flexibility index (Phi) is 6.45. The number of aromatic nitrogens is 1. The molecule has 1 aliphatic rings. The van der Waals surface area contributed by atoms with Crippen LogP contribution in [0.2, 0.25) is 0 Å². The summed E-state index contributed by atoms with van der Waals surface area (Å²) >= 11 is 1.66. The molecule has 1 aromatic heterocycles. The van der Waals surface area contributed by atoms with Gasteiger partial charge in [-0.25, -0.2) is 4.98 Å². The number of guanidine groups is 1. The molecule has 1 aromatic carbocycles. The zero-order valence-corrected chi connectivity index (χ0v) is 17.0. The van der Waals surface area contributed by atoms with Gasteiger partial charge in [0, 0.05) is 37.6 Å². The van der Waals surface area contributed by atoms with Crippen molar-refractivity contribution < 1.29 is 4.79 Å². The number of rotatable bonds is 6. The first-order chi connectivity index (χ1) is 13.0. The summed E-state index contributed by atoms with van der Waals surface area (Å²) < 4.78 is 0. The molecule has 0 unspecified atom stereocenters. The maximum Gasteiger partial charge on any atom is 0.227 e. The Balaban J connectivity index is 1.54. The molecule has 6 nitrogen and oxygen atoms in total. The van der Waals surface area contributed by atoms with Gasteiger partial charge in [0.05, 0.1) is 17.2 Å². The normalized spacial score (nSPS) is 14.6. The van der Waals surface area contributed by atoms with Gasteiger partial charge < -0.3 is 15.5 Å². The molecule has 1 aliphatic carbocycles. The zero-order valence-electron chi connectivity index (χ0n) is 16.2. The first-order valence-corrected chi connectivity index (χ1v) is 10.2. The van der Waals surface area contributed by atoms with E-state index in [0.717, 1.165) is 47.2 Å². The van der Waals surface area contributed by atoms with E-state index in [1.165, 1.54) is 0 Å². The number of thiazole rings is 1. The molecule has 1 saturated carbocycles. The topological polar surface area (TPSA) is 69.6 Å². The molecule has 7 heteroatoms. The fraction of sp³-hybridized carbons (Fsp3) is 0.450. The van der Waals surface area contributed by atoms with Crippen molar-refractivity contribution in [1.29, 1.82) is 0 Å². The third-order valence-electron chi connectivity index (χ3n) is 4.76. The van der Waals surface area contributed by atoms with E-state index >= 15 is 0 Å². The number of aryl methyl sites for hydroxylation is 1. The van der Waals surface area contributed by atoms with E-state index in [-0.39, 0.29) is 11.8 Å². The minimum Gasteiger partial charge on any atom is -0.352 e. The minimum absolute atomic E-state index is 0.139.